The number of carbonyl (C=O) groups excluding carboxylic acids is 1. The highest BCUT2D eigenvalue weighted by Gasteiger charge is 2.21. The minimum Gasteiger partial charge on any atom is -0.325 e. The maximum atomic E-state index is 13.3. The summed E-state index contributed by atoms with van der Waals surface area (Å²) in [5.74, 6) is -1.40. The highest BCUT2D eigenvalue weighted by Crippen LogP contribution is 2.15. The normalized spacial score (nSPS) is 11.2. The van der Waals surface area contributed by atoms with Crippen molar-refractivity contribution >= 4 is 22.6 Å². The number of carbonyl (C=O) groups is 1. The van der Waals surface area contributed by atoms with E-state index in [4.69, 9.17) is 0 Å². The molecule has 0 atom stereocenters. The molecule has 2 aromatic carbocycles. The summed E-state index contributed by atoms with van der Waals surface area (Å²) in [4.78, 5) is 39.3. The summed E-state index contributed by atoms with van der Waals surface area (Å²) in [7, 11) is 0. The predicted molar refractivity (Wildman–Crippen MR) is 119 cm³/mol. The number of nitrogens with zero attached hydrogens (tertiary/aromatic N) is 4. The number of anilines is 1. The Morgan fingerprint density at radius 2 is 1.55 bits per heavy atom. The maximum Gasteiger partial charge on any atom is 0.332 e. The molecular formula is C23H21F2N5O3. The highest BCUT2D eigenvalue weighted by molar-refractivity contribution is 5.91. The molecule has 0 aliphatic rings. The molecule has 33 heavy (non-hydrogen) atoms. The van der Waals surface area contributed by atoms with Gasteiger partial charge in [0.25, 0.3) is 5.56 Å². The van der Waals surface area contributed by atoms with Crippen LogP contribution >= 0.6 is 0 Å². The van der Waals surface area contributed by atoms with Crippen LogP contribution in [0.4, 0.5) is 14.5 Å². The highest BCUT2D eigenvalue weighted by atomic mass is 19.1. The second kappa shape index (κ2) is 8.81. The molecule has 0 spiro atoms. The van der Waals surface area contributed by atoms with Crippen molar-refractivity contribution in [3.8, 4) is 0 Å². The van der Waals surface area contributed by atoms with Gasteiger partial charge in [-0.15, -0.1) is 0 Å². The average molecular weight is 453 g/mol. The maximum absolute atomic E-state index is 13.3. The van der Waals surface area contributed by atoms with E-state index >= 15 is 0 Å². The molecule has 10 heteroatoms. The van der Waals surface area contributed by atoms with Gasteiger partial charge >= 0.3 is 5.69 Å². The quantitative estimate of drug-likeness (QED) is 0.486. The molecule has 0 aliphatic carbocycles. The smallest absolute Gasteiger partial charge is 0.325 e. The molecule has 0 saturated carbocycles. The third kappa shape index (κ3) is 4.32. The van der Waals surface area contributed by atoms with E-state index in [0.717, 1.165) is 4.57 Å². The van der Waals surface area contributed by atoms with Gasteiger partial charge in [-0.05, 0) is 55.8 Å². The van der Waals surface area contributed by atoms with Crippen LogP contribution in [0.5, 0.6) is 0 Å². The lowest BCUT2D eigenvalue weighted by molar-refractivity contribution is -0.116. The van der Waals surface area contributed by atoms with Crippen LogP contribution in [0.15, 0.2) is 58.1 Å². The largest absolute Gasteiger partial charge is 0.332 e. The average Bonchev–Trinajstić information content (AvgIpc) is 3.13. The van der Waals surface area contributed by atoms with E-state index in [0.29, 0.717) is 23.5 Å². The third-order valence-corrected chi connectivity index (χ3v) is 5.26. The van der Waals surface area contributed by atoms with Crippen LogP contribution in [-0.4, -0.2) is 24.8 Å². The first-order valence-corrected chi connectivity index (χ1v) is 10.3. The van der Waals surface area contributed by atoms with E-state index in [2.05, 4.69) is 10.4 Å². The second-order valence-corrected chi connectivity index (χ2v) is 7.54. The number of benzene rings is 2. The van der Waals surface area contributed by atoms with Crippen LogP contribution in [0.2, 0.25) is 0 Å². The first kappa shape index (κ1) is 22.1. The Morgan fingerprint density at radius 3 is 2.15 bits per heavy atom. The van der Waals surface area contributed by atoms with Crippen molar-refractivity contribution in [1.82, 2.24) is 18.9 Å². The molecule has 2 heterocycles. The van der Waals surface area contributed by atoms with Crippen molar-refractivity contribution in [3.05, 3.63) is 92.3 Å². The van der Waals surface area contributed by atoms with Crippen LogP contribution in [0.3, 0.4) is 0 Å². The van der Waals surface area contributed by atoms with Crippen molar-refractivity contribution in [2.75, 3.05) is 5.32 Å². The third-order valence-electron chi connectivity index (χ3n) is 5.26. The van der Waals surface area contributed by atoms with Crippen molar-refractivity contribution in [2.45, 2.75) is 33.5 Å². The second-order valence-electron chi connectivity index (χ2n) is 7.54. The number of aryl methyl sites for hydroxylation is 2. The van der Waals surface area contributed by atoms with E-state index in [1.54, 1.807) is 6.92 Å². The minimum absolute atomic E-state index is 0.0958. The summed E-state index contributed by atoms with van der Waals surface area (Å²) in [6, 6.07) is 10.7. The fraction of sp³-hybridized carbons (Fsp3) is 0.217. The molecule has 4 rings (SSSR count). The lowest BCUT2D eigenvalue weighted by Crippen LogP contribution is -2.42. The van der Waals surface area contributed by atoms with Crippen molar-refractivity contribution in [1.29, 1.82) is 0 Å². The minimum atomic E-state index is -0.690. The Kier molecular flexibility index (Phi) is 5.91. The van der Waals surface area contributed by atoms with Crippen LogP contribution in [0.25, 0.3) is 11.0 Å². The molecule has 0 unspecified atom stereocenters. The number of rotatable bonds is 6. The number of halogens is 2. The predicted octanol–water partition coefficient (Wildman–Crippen LogP) is 2.65. The number of amides is 1. The van der Waals surface area contributed by atoms with Gasteiger partial charge in [0.05, 0.1) is 12.2 Å². The molecule has 1 N–H and O–H groups in total. The van der Waals surface area contributed by atoms with E-state index in [1.807, 2.05) is 6.92 Å². The molecule has 2 aromatic heterocycles. The van der Waals surface area contributed by atoms with E-state index in [1.165, 1.54) is 57.8 Å². The van der Waals surface area contributed by atoms with Crippen LogP contribution in [0.1, 0.15) is 18.2 Å². The summed E-state index contributed by atoms with van der Waals surface area (Å²) in [5.41, 5.74) is 0.594. The zero-order valence-electron chi connectivity index (χ0n) is 18.0. The van der Waals surface area contributed by atoms with Gasteiger partial charge in [0.1, 0.15) is 23.7 Å². The van der Waals surface area contributed by atoms with Gasteiger partial charge in [-0.25, -0.2) is 13.6 Å². The lowest BCUT2D eigenvalue weighted by atomic mass is 10.2. The van der Waals surface area contributed by atoms with Crippen LogP contribution in [0, 0.1) is 18.6 Å². The van der Waals surface area contributed by atoms with E-state index in [9.17, 15) is 23.2 Å². The number of nitrogens with one attached hydrogen (secondary N) is 1. The van der Waals surface area contributed by atoms with E-state index < -0.39 is 28.8 Å². The Labute approximate surface area is 186 Å². The van der Waals surface area contributed by atoms with E-state index in [-0.39, 0.29) is 24.1 Å². The fourth-order valence-electron chi connectivity index (χ4n) is 3.73. The van der Waals surface area contributed by atoms with Crippen LogP contribution < -0.4 is 16.6 Å². The molecule has 170 valence electrons. The number of hydrogen-bond acceptors (Lipinski definition) is 4. The van der Waals surface area contributed by atoms with Gasteiger partial charge in [0, 0.05) is 12.2 Å². The molecule has 0 aliphatic heterocycles. The Balaban J connectivity index is 1.81. The zero-order chi connectivity index (χ0) is 23.7. The van der Waals surface area contributed by atoms with Gasteiger partial charge in [0.15, 0.2) is 5.52 Å². The molecule has 0 radical (unpaired) electrons. The fourth-order valence-corrected chi connectivity index (χ4v) is 3.73. The van der Waals surface area contributed by atoms with Gasteiger partial charge in [-0.2, -0.15) is 5.10 Å². The number of hydrogen-bond donors (Lipinski definition) is 1. The SMILES string of the molecule is CCn1nc(C)c2c1c(=O)n(Cc1ccc(F)cc1)c(=O)n2CC(=O)Nc1ccc(F)cc1. The van der Waals surface area contributed by atoms with Crippen LogP contribution in [-0.2, 0) is 24.4 Å². The monoisotopic (exact) mass is 453 g/mol. The molecule has 0 fully saturated rings. The molecule has 4 aromatic rings. The molecule has 0 bridgehead atoms. The van der Waals surface area contributed by atoms with Gasteiger partial charge < -0.3 is 5.32 Å². The van der Waals surface area contributed by atoms with Crippen molar-refractivity contribution in [3.63, 3.8) is 0 Å². The summed E-state index contributed by atoms with van der Waals surface area (Å²) < 4.78 is 30.1. The Bertz CT molecular complexity index is 1450. The number of fused-ring (bicyclic) bond motifs is 1. The summed E-state index contributed by atoms with van der Waals surface area (Å²) in [6.07, 6.45) is 0. The first-order valence-electron chi connectivity index (χ1n) is 10.3. The van der Waals surface area contributed by atoms with Crippen molar-refractivity contribution in [2.24, 2.45) is 0 Å². The molecule has 8 nitrogen and oxygen atoms in total. The van der Waals surface area contributed by atoms with Gasteiger partial charge in [-0.3, -0.25) is 23.4 Å². The molecule has 1 amide bonds. The summed E-state index contributed by atoms with van der Waals surface area (Å²) in [6.45, 7) is 3.38. The lowest BCUT2D eigenvalue weighted by Gasteiger charge is -2.13. The summed E-state index contributed by atoms with van der Waals surface area (Å²) in [5, 5.41) is 6.97. The van der Waals surface area contributed by atoms with Gasteiger partial charge in [-0.1, -0.05) is 12.1 Å². The Morgan fingerprint density at radius 1 is 0.939 bits per heavy atom. The standard InChI is InChI=1S/C23H21F2N5O3/c1-3-30-21-20(14(2)27-30)28(13-19(31)26-18-10-8-17(25)9-11-18)23(33)29(22(21)32)12-15-4-6-16(24)7-5-15/h4-11H,3,12-13H2,1-2H3,(H,26,31). The number of aromatic nitrogens is 4. The van der Waals surface area contributed by atoms with Gasteiger partial charge in [0.2, 0.25) is 5.91 Å². The first-order chi connectivity index (χ1) is 15.8. The Hall–Kier alpha value is -4.08. The topological polar surface area (TPSA) is 90.9 Å². The molecule has 0 saturated heterocycles. The van der Waals surface area contributed by atoms with Crippen molar-refractivity contribution < 1.29 is 13.6 Å². The zero-order valence-corrected chi connectivity index (χ0v) is 18.0. The molecular weight excluding hydrogens is 432 g/mol. The summed E-state index contributed by atoms with van der Waals surface area (Å²) >= 11 is 0.